The number of hydrogen-bond donors (Lipinski definition) is 3. The molecule has 5 nitrogen and oxygen atoms in total. The van der Waals surface area contributed by atoms with Crippen molar-refractivity contribution in [2.45, 2.75) is 31.8 Å². The predicted octanol–water partition coefficient (Wildman–Crippen LogP) is 3.33. The molecule has 2 aromatic carbocycles. The number of fused-ring (bicyclic) bond motifs is 1. The first-order valence-corrected chi connectivity index (χ1v) is 11.3. The molecule has 0 spiro atoms. The van der Waals surface area contributed by atoms with Crippen LogP contribution in [0.4, 0.5) is 0 Å². The minimum atomic E-state index is -1.04. The molecule has 0 fully saturated rings. The van der Waals surface area contributed by atoms with Crippen LogP contribution in [0.2, 0.25) is 0 Å². The van der Waals surface area contributed by atoms with Crippen molar-refractivity contribution in [3.05, 3.63) is 70.6 Å². The van der Waals surface area contributed by atoms with Gasteiger partial charge in [0.25, 0.3) is 0 Å². The Labute approximate surface area is 184 Å². The van der Waals surface area contributed by atoms with Crippen LogP contribution in [0.1, 0.15) is 28.8 Å². The van der Waals surface area contributed by atoms with Crippen molar-refractivity contribution in [1.29, 1.82) is 0 Å². The molecular weight excluding hydrogens is 417 g/mol. The Balaban J connectivity index is 1.65. The third-order valence-electron chi connectivity index (χ3n) is 4.74. The van der Waals surface area contributed by atoms with E-state index in [-0.39, 0.29) is 11.7 Å². The van der Waals surface area contributed by atoms with E-state index in [2.05, 4.69) is 0 Å². The zero-order valence-corrected chi connectivity index (χ0v) is 18.2. The topological polar surface area (TPSA) is 92.8 Å². The summed E-state index contributed by atoms with van der Waals surface area (Å²) in [6.07, 6.45) is -0.924. The fourth-order valence-electron chi connectivity index (χ4n) is 2.84. The maximum absolute atomic E-state index is 10.9. The van der Waals surface area contributed by atoms with Gasteiger partial charge < -0.3 is 0 Å². The zero-order valence-electron chi connectivity index (χ0n) is 16.5. The van der Waals surface area contributed by atoms with E-state index in [1.807, 2.05) is 61.5 Å². The van der Waals surface area contributed by atoms with Crippen LogP contribution in [0, 0.1) is 0 Å². The average molecular weight is 440 g/mol. The number of aliphatic hydroxyl groups excluding tert-OH is 1. The molecule has 1 heterocycles. The van der Waals surface area contributed by atoms with Gasteiger partial charge in [0.1, 0.15) is 0 Å². The van der Waals surface area contributed by atoms with Gasteiger partial charge in [-0.3, -0.25) is 0 Å². The first-order chi connectivity index (χ1) is 14.3. The maximum atomic E-state index is 10.9. The van der Waals surface area contributed by atoms with Gasteiger partial charge in [0, 0.05) is 0 Å². The molecule has 4 N–H and O–H groups in total. The molecule has 3 rings (SSSR count). The second-order valence-electron chi connectivity index (χ2n) is 7.00. The van der Waals surface area contributed by atoms with Gasteiger partial charge in [-0.2, -0.15) is 0 Å². The van der Waals surface area contributed by atoms with Crippen LogP contribution in [0.3, 0.4) is 0 Å². The third-order valence-corrected chi connectivity index (χ3v) is 7.06. The van der Waals surface area contributed by atoms with Crippen LogP contribution in [0.5, 0.6) is 0 Å². The second-order valence-corrected chi connectivity index (χ2v) is 9.15. The van der Waals surface area contributed by atoms with Gasteiger partial charge in [-0.05, 0) is 0 Å². The third kappa shape index (κ3) is 5.80. The summed E-state index contributed by atoms with van der Waals surface area (Å²) >= 11 is 2.77. The van der Waals surface area contributed by atoms with Crippen molar-refractivity contribution in [1.82, 2.24) is 0 Å². The Morgan fingerprint density at radius 2 is 1.97 bits per heavy atom. The van der Waals surface area contributed by atoms with Gasteiger partial charge in [-0.15, -0.1) is 0 Å². The standard InChI is InChI=1S/C22H23BNO4S2/c1-13(22(27)28-11-14-5-3-2-4-6-14)15-7-8-16-10-19(30-18(16)9-15)20(23)29-12-17(24)21(25)26/h2-10,13,17,22,27H,11-12,24H2,1H3,(H,25,26)/t13-,17?,22?/m1/s1. The van der Waals surface area contributed by atoms with Gasteiger partial charge in [-0.25, -0.2) is 0 Å². The molecule has 1 aromatic heterocycles. The van der Waals surface area contributed by atoms with Gasteiger partial charge in [0.15, 0.2) is 0 Å². The van der Waals surface area contributed by atoms with Crippen LogP contribution < -0.4 is 5.73 Å². The number of aliphatic hydroxyl groups is 1. The molecule has 0 aliphatic heterocycles. The molecule has 0 aliphatic carbocycles. The SMILES string of the molecule is [B]=C(SCC(N)C(=O)O)c1cc2ccc([C@@H](C)C(O)OCc3ccccc3)cc2s1. The Morgan fingerprint density at radius 3 is 2.67 bits per heavy atom. The number of carboxylic acids is 1. The minimum absolute atomic E-state index is 0.201. The Bertz CT molecular complexity index is 1020. The molecule has 0 bridgehead atoms. The molecule has 30 heavy (non-hydrogen) atoms. The summed E-state index contributed by atoms with van der Waals surface area (Å²) in [6.45, 7) is 2.27. The molecule has 8 heteroatoms. The van der Waals surface area contributed by atoms with E-state index in [0.29, 0.717) is 11.4 Å². The molecule has 3 aromatic rings. The first-order valence-electron chi connectivity index (χ1n) is 9.46. The molecule has 0 saturated carbocycles. The van der Waals surface area contributed by atoms with Crippen LogP contribution >= 0.6 is 23.1 Å². The number of hydrogen-bond acceptors (Lipinski definition) is 6. The van der Waals surface area contributed by atoms with E-state index < -0.39 is 18.3 Å². The van der Waals surface area contributed by atoms with Crippen molar-refractivity contribution >= 4 is 51.4 Å². The number of carbonyl (C=O) groups is 1. The molecule has 155 valence electrons. The van der Waals surface area contributed by atoms with Gasteiger partial charge in [0.2, 0.25) is 0 Å². The number of carboxylic acid groups (broad SMARTS) is 1. The van der Waals surface area contributed by atoms with Crippen molar-refractivity contribution in [2.24, 2.45) is 5.73 Å². The Hall–Kier alpha value is -1.97. The van der Waals surface area contributed by atoms with Gasteiger partial charge >= 0.3 is 167 Å². The summed E-state index contributed by atoms with van der Waals surface area (Å²) in [5.41, 5.74) is 7.52. The van der Waals surface area contributed by atoms with Crippen LogP contribution in [-0.2, 0) is 16.1 Å². The van der Waals surface area contributed by atoms with Crippen LogP contribution in [0.25, 0.3) is 10.1 Å². The average Bonchev–Trinajstić information content (AvgIpc) is 3.19. The van der Waals surface area contributed by atoms with Crippen molar-refractivity contribution in [3.8, 4) is 0 Å². The molecular formula is C22H23BNO4S2. The molecule has 0 amide bonds. The number of nitrogens with two attached hydrogens (primary N) is 1. The number of thioether (sulfide) groups is 1. The summed E-state index contributed by atoms with van der Waals surface area (Å²) in [7, 11) is 6.13. The van der Waals surface area contributed by atoms with Crippen molar-refractivity contribution in [2.75, 3.05) is 5.75 Å². The van der Waals surface area contributed by atoms with Crippen molar-refractivity contribution in [3.63, 3.8) is 0 Å². The number of benzene rings is 2. The van der Waals surface area contributed by atoms with Gasteiger partial charge in [-0.1, -0.05) is 18.2 Å². The Morgan fingerprint density at radius 1 is 1.23 bits per heavy atom. The fourth-order valence-corrected chi connectivity index (χ4v) is 4.81. The van der Waals surface area contributed by atoms with E-state index in [1.54, 1.807) is 0 Å². The van der Waals surface area contributed by atoms with E-state index in [4.69, 9.17) is 23.1 Å². The number of thiophene rings is 1. The summed E-state index contributed by atoms with van der Waals surface area (Å²) in [4.78, 5) is 12.3. The van der Waals surface area contributed by atoms with E-state index >= 15 is 0 Å². The summed E-state index contributed by atoms with van der Waals surface area (Å²) < 4.78 is 6.68. The second kappa shape index (κ2) is 10.4. The number of aliphatic carboxylic acids is 1. The number of ether oxygens (including phenoxy) is 1. The van der Waals surface area contributed by atoms with Crippen LogP contribution in [-0.4, -0.2) is 46.6 Å². The van der Waals surface area contributed by atoms with Crippen LogP contribution in [0.15, 0.2) is 54.6 Å². The summed E-state index contributed by atoms with van der Waals surface area (Å²) in [6, 6.07) is 16.8. The monoisotopic (exact) mass is 440 g/mol. The normalized spacial score (nSPS) is 14.3. The quantitative estimate of drug-likeness (QED) is 0.331. The zero-order chi connectivity index (χ0) is 21.7. The molecule has 3 atom stereocenters. The summed E-state index contributed by atoms with van der Waals surface area (Å²) in [5.74, 6) is -1.03. The first kappa shape index (κ1) is 22.7. The summed E-state index contributed by atoms with van der Waals surface area (Å²) in [5, 5.41) is 20.4. The van der Waals surface area contributed by atoms with E-state index in [0.717, 1.165) is 26.1 Å². The number of rotatable bonds is 10. The molecule has 0 saturated heterocycles. The molecule has 1 radical (unpaired) electrons. The van der Waals surface area contributed by atoms with Gasteiger partial charge in [0.05, 0.1) is 0 Å². The fraction of sp³-hybridized carbons (Fsp3) is 0.273. The van der Waals surface area contributed by atoms with E-state index in [9.17, 15) is 9.90 Å². The Kier molecular flexibility index (Phi) is 7.85. The van der Waals surface area contributed by atoms with Crippen molar-refractivity contribution < 1.29 is 19.7 Å². The molecule has 2 unspecified atom stereocenters. The van der Waals surface area contributed by atoms with E-state index in [1.165, 1.54) is 23.1 Å². The predicted molar refractivity (Wildman–Crippen MR) is 125 cm³/mol. The molecule has 0 aliphatic rings.